The molecule has 0 aliphatic rings. The number of ether oxygens (including phenoxy) is 2. The van der Waals surface area contributed by atoms with Gasteiger partial charge in [-0.1, -0.05) is 6.07 Å². The van der Waals surface area contributed by atoms with E-state index in [1.807, 2.05) is 18.4 Å². The Morgan fingerprint density at radius 1 is 1.29 bits per heavy atom. The Hall–Kier alpha value is -2.01. The molecule has 0 radical (unpaired) electrons. The molecule has 1 aromatic heterocycles. The molecule has 2 aromatic rings. The van der Waals surface area contributed by atoms with E-state index in [1.165, 1.54) is 4.88 Å². The van der Waals surface area contributed by atoms with E-state index in [0.29, 0.717) is 30.2 Å². The number of benzene rings is 1. The smallest absolute Gasteiger partial charge is 0.251 e. The first-order chi connectivity index (χ1) is 10.2. The summed E-state index contributed by atoms with van der Waals surface area (Å²) in [4.78, 5) is 13.4. The Balaban J connectivity index is 1.96. The van der Waals surface area contributed by atoms with E-state index in [2.05, 4.69) is 11.4 Å². The van der Waals surface area contributed by atoms with Gasteiger partial charge in [-0.15, -0.1) is 11.3 Å². The van der Waals surface area contributed by atoms with Crippen LogP contribution < -0.4 is 14.8 Å². The minimum Gasteiger partial charge on any atom is -0.493 e. The molecule has 5 heteroatoms. The van der Waals surface area contributed by atoms with Gasteiger partial charge in [-0.25, -0.2) is 0 Å². The number of rotatable bonds is 7. The molecular weight excluding hydrogens is 286 g/mol. The van der Waals surface area contributed by atoms with Crippen LogP contribution in [0.3, 0.4) is 0 Å². The highest BCUT2D eigenvalue weighted by Crippen LogP contribution is 2.27. The van der Waals surface area contributed by atoms with E-state index < -0.39 is 0 Å². The Morgan fingerprint density at radius 2 is 2.14 bits per heavy atom. The van der Waals surface area contributed by atoms with Gasteiger partial charge in [0.1, 0.15) is 0 Å². The van der Waals surface area contributed by atoms with Crippen molar-refractivity contribution in [1.29, 1.82) is 0 Å². The minimum absolute atomic E-state index is 0.102. The molecule has 0 aliphatic carbocycles. The summed E-state index contributed by atoms with van der Waals surface area (Å²) < 4.78 is 10.7. The largest absolute Gasteiger partial charge is 0.493 e. The molecule has 2 rings (SSSR count). The lowest BCUT2D eigenvalue weighted by Crippen LogP contribution is -2.25. The lowest BCUT2D eigenvalue weighted by atomic mass is 10.2. The molecule has 1 heterocycles. The molecule has 1 aromatic carbocycles. The van der Waals surface area contributed by atoms with E-state index in [1.54, 1.807) is 36.6 Å². The number of nitrogens with one attached hydrogen (secondary N) is 1. The molecule has 0 atom stereocenters. The van der Waals surface area contributed by atoms with Gasteiger partial charge in [-0.3, -0.25) is 4.79 Å². The Morgan fingerprint density at radius 3 is 2.81 bits per heavy atom. The highest BCUT2D eigenvalue weighted by atomic mass is 32.1. The van der Waals surface area contributed by atoms with Crippen LogP contribution in [0.4, 0.5) is 0 Å². The summed E-state index contributed by atoms with van der Waals surface area (Å²) >= 11 is 1.70. The van der Waals surface area contributed by atoms with Crippen molar-refractivity contribution < 1.29 is 14.3 Å². The summed E-state index contributed by atoms with van der Waals surface area (Å²) in [5, 5.41) is 4.95. The van der Waals surface area contributed by atoms with Crippen LogP contribution in [-0.2, 0) is 6.42 Å². The monoisotopic (exact) mass is 305 g/mol. The highest BCUT2D eigenvalue weighted by Gasteiger charge is 2.10. The first kappa shape index (κ1) is 15.4. The predicted molar refractivity (Wildman–Crippen MR) is 84.5 cm³/mol. The van der Waals surface area contributed by atoms with Gasteiger partial charge < -0.3 is 14.8 Å². The summed E-state index contributed by atoms with van der Waals surface area (Å²) in [7, 11) is 1.58. The number of thiophene rings is 1. The van der Waals surface area contributed by atoms with Crippen molar-refractivity contribution in [3.05, 3.63) is 46.2 Å². The molecule has 0 saturated carbocycles. The number of methoxy groups -OCH3 is 1. The van der Waals surface area contributed by atoms with Crippen molar-refractivity contribution in [3.63, 3.8) is 0 Å². The summed E-state index contributed by atoms with van der Waals surface area (Å²) in [6.07, 6.45) is 0.845. The SMILES string of the molecule is CCOc1cc(C(=O)NCCc2cccs2)ccc1OC. The van der Waals surface area contributed by atoms with E-state index in [-0.39, 0.29) is 5.91 Å². The number of carbonyl (C=O) groups excluding carboxylic acids is 1. The van der Waals surface area contributed by atoms with Crippen LogP contribution in [0.15, 0.2) is 35.7 Å². The molecule has 112 valence electrons. The second kappa shape index (κ2) is 7.69. The molecule has 0 bridgehead atoms. The first-order valence-corrected chi connectivity index (χ1v) is 7.74. The minimum atomic E-state index is -0.102. The van der Waals surface area contributed by atoms with Gasteiger partial charge in [0.2, 0.25) is 0 Å². The van der Waals surface area contributed by atoms with Crippen LogP contribution in [0.5, 0.6) is 11.5 Å². The van der Waals surface area contributed by atoms with Crippen LogP contribution in [0.2, 0.25) is 0 Å². The van der Waals surface area contributed by atoms with Crippen LogP contribution in [-0.4, -0.2) is 26.2 Å². The second-order valence-electron chi connectivity index (χ2n) is 4.38. The number of carbonyl (C=O) groups is 1. The number of hydrogen-bond acceptors (Lipinski definition) is 4. The van der Waals surface area contributed by atoms with Gasteiger partial charge in [0, 0.05) is 17.0 Å². The van der Waals surface area contributed by atoms with Crippen LogP contribution >= 0.6 is 11.3 Å². The molecule has 1 amide bonds. The Bertz CT molecular complexity index is 581. The maximum Gasteiger partial charge on any atom is 0.251 e. The van der Waals surface area contributed by atoms with Crippen molar-refractivity contribution in [1.82, 2.24) is 5.32 Å². The quantitative estimate of drug-likeness (QED) is 0.855. The summed E-state index contributed by atoms with van der Waals surface area (Å²) in [6, 6.07) is 9.28. The van der Waals surface area contributed by atoms with Gasteiger partial charge >= 0.3 is 0 Å². The first-order valence-electron chi connectivity index (χ1n) is 6.86. The van der Waals surface area contributed by atoms with E-state index in [4.69, 9.17) is 9.47 Å². The Labute approximate surface area is 128 Å². The van der Waals surface area contributed by atoms with Gasteiger partial charge in [-0.2, -0.15) is 0 Å². The number of hydrogen-bond donors (Lipinski definition) is 1. The summed E-state index contributed by atoms with van der Waals surface area (Å²) in [5.41, 5.74) is 0.574. The normalized spacial score (nSPS) is 10.2. The number of amides is 1. The maximum atomic E-state index is 12.1. The third-order valence-corrected chi connectivity index (χ3v) is 3.90. The highest BCUT2D eigenvalue weighted by molar-refractivity contribution is 7.09. The van der Waals surface area contributed by atoms with E-state index in [9.17, 15) is 4.79 Å². The molecule has 21 heavy (non-hydrogen) atoms. The molecule has 0 unspecified atom stereocenters. The lowest BCUT2D eigenvalue weighted by Gasteiger charge is -2.11. The summed E-state index contributed by atoms with van der Waals surface area (Å²) in [6.45, 7) is 3.04. The fourth-order valence-electron chi connectivity index (χ4n) is 1.94. The fourth-order valence-corrected chi connectivity index (χ4v) is 2.65. The van der Waals surface area contributed by atoms with Crippen LogP contribution in [0, 0.1) is 0 Å². The zero-order valence-electron chi connectivity index (χ0n) is 12.2. The molecule has 0 spiro atoms. The topological polar surface area (TPSA) is 47.6 Å². The standard InChI is InChI=1S/C16H19NO3S/c1-3-20-15-11-12(6-7-14(15)19-2)16(18)17-9-8-13-5-4-10-21-13/h4-7,10-11H,3,8-9H2,1-2H3,(H,17,18). The molecular formula is C16H19NO3S. The van der Waals surface area contributed by atoms with Gasteiger partial charge in [0.05, 0.1) is 13.7 Å². The second-order valence-corrected chi connectivity index (χ2v) is 5.42. The average Bonchev–Trinajstić information content (AvgIpc) is 3.00. The molecule has 0 fully saturated rings. The molecule has 0 aliphatic heterocycles. The van der Waals surface area contributed by atoms with Gasteiger partial charge in [0.15, 0.2) is 11.5 Å². The van der Waals surface area contributed by atoms with E-state index >= 15 is 0 Å². The zero-order valence-corrected chi connectivity index (χ0v) is 13.0. The van der Waals surface area contributed by atoms with Crippen molar-refractivity contribution in [2.75, 3.05) is 20.3 Å². The van der Waals surface area contributed by atoms with Crippen LogP contribution in [0.1, 0.15) is 22.2 Å². The average molecular weight is 305 g/mol. The van der Waals surface area contributed by atoms with E-state index in [0.717, 1.165) is 6.42 Å². The molecule has 0 saturated heterocycles. The van der Waals surface area contributed by atoms with Crippen LogP contribution in [0.25, 0.3) is 0 Å². The van der Waals surface area contributed by atoms with Crippen molar-refractivity contribution >= 4 is 17.2 Å². The third-order valence-electron chi connectivity index (χ3n) is 2.96. The molecule has 4 nitrogen and oxygen atoms in total. The van der Waals surface area contributed by atoms with Gasteiger partial charge in [-0.05, 0) is 43.0 Å². The zero-order chi connectivity index (χ0) is 15.1. The third kappa shape index (κ3) is 4.23. The Kier molecular flexibility index (Phi) is 5.63. The predicted octanol–water partition coefficient (Wildman–Crippen LogP) is 3.13. The van der Waals surface area contributed by atoms with Crippen molar-refractivity contribution in [2.24, 2.45) is 0 Å². The lowest BCUT2D eigenvalue weighted by molar-refractivity contribution is 0.0953. The van der Waals surface area contributed by atoms with Crippen molar-refractivity contribution in [3.8, 4) is 11.5 Å². The fraction of sp³-hybridized carbons (Fsp3) is 0.312. The van der Waals surface area contributed by atoms with Crippen molar-refractivity contribution in [2.45, 2.75) is 13.3 Å². The summed E-state index contributed by atoms with van der Waals surface area (Å²) in [5.74, 6) is 1.12. The maximum absolute atomic E-state index is 12.1. The van der Waals surface area contributed by atoms with Gasteiger partial charge in [0.25, 0.3) is 5.91 Å². The molecule has 1 N–H and O–H groups in total.